The lowest BCUT2D eigenvalue weighted by Crippen LogP contribution is -2.35. The summed E-state index contributed by atoms with van der Waals surface area (Å²) in [5, 5.41) is 18.5. The van der Waals surface area contributed by atoms with Crippen molar-refractivity contribution < 1.29 is 38.0 Å². The van der Waals surface area contributed by atoms with Crippen LogP contribution in [-0.2, 0) is 44.6 Å². The van der Waals surface area contributed by atoms with Gasteiger partial charge in [-0.25, -0.2) is 4.85 Å². The Morgan fingerprint density at radius 2 is 1.48 bits per heavy atom. The number of carbonyl (C=O) groups is 2. The van der Waals surface area contributed by atoms with Gasteiger partial charge in [-0.05, 0) is 61.6 Å². The molecule has 1 heterocycles. The second kappa shape index (κ2) is 23.2. The Hall–Kier alpha value is -4.70. The third kappa shape index (κ3) is 13.0. The van der Waals surface area contributed by atoms with Crippen LogP contribution < -0.4 is 4.90 Å². The van der Waals surface area contributed by atoms with Gasteiger partial charge in [0.2, 0.25) is 5.69 Å². The summed E-state index contributed by atoms with van der Waals surface area (Å²) in [6.45, 7) is 15.9. The molecule has 0 saturated heterocycles. The Labute approximate surface area is 321 Å². The predicted octanol–water partition coefficient (Wildman–Crippen LogP) is 7.80. The van der Waals surface area contributed by atoms with Crippen LogP contribution in [0.15, 0.2) is 58.8 Å². The summed E-state index contributed by atoms with van der Waals surface area (Å²) in [6.07, 6.45) is 3.09. The number of methoxy groups -OCH3 is 1. The lowest BCUT2D eigenvalue weighted by Gasteiger charge is -2.27. The van der Waals surface area contributed by atoms with Crippen molar-refractivity contribution >= 4 is 45.3 Å². The van der Waals surface area contributed by atoms with Gasteiger partial charge in [0.15, 0.2) is 0 Å². The molecule has 14 heteroatoms. The Balaban J connectivity index is 1.10. The highest BCUT2D eigenvalue weighted by Gasteiger charge is 2.37. The predicted molar refractivity (Wildman–Crippen MR) is 205 cm³/mol. The molecule has 0 N–H and O–H groups in total. The molecule has 1 aromatic heterocycles. The average molecular weight is 760 g/mol. The number of ether oxygens (including phenoxy) is 6. The number of esters is 2. The van der Waals surface area contributed by atoms with Crippen LogP contribution in [0, 0.1) is 43.6 Å². The number of anilines is 1. The van der Waals surface area contributed by atoms with Gasteiger partial charge in [0, 0.05) is 18.8 Å². The number of hydrogen-bond donors (Lipinski definition) is 0. The summed E-state index contributed by atoms with van der Waals surface area (Å²) in [5.74, 6) is -1.58. The normalized spacial score (nSPS) is 15.4. The molecule has 3 aromatic rings. The van der Waals surface area contributed by atoms with Gasteiger partial charge < -0.3 is 33.3 Å². The van der Waals surface area contributed by atoms with E-state index in [0.717, 1.165) is 24.1 Å². The maximum Gasteiger partial charge on any atom is 0.309 e. The second-order valence-corrected chi connectivity index (χ2v) is 13.6. The summed E-state index contributed by atoms with van der Waals surface area (Å²) in [4.78, 5) is 30.7. The molecule has 0 spiro atoms. The number of carbonyl (C=O) groups excluding carboxylic acids is 2. The zero-order valence-electron chi connectivity index (χ0n) is 31.3. The highest BCUT2D eigenvalue weighted by molar-refractivity contribution is 7.17. The molecule has 1 saturated carbocycles. The maximum atomic E-state index is 12.5. The number of rotatable bonds is 22. The number of benzene rings is 2. The van der Waals surface area contributed by atoms with Gasteiger partial charge in [0.05, 0.1) is 88.9 Å². The van der Waals surface area contributed by atoms with E-state index in [-0.39, 0.29) is 25.2 Å². The molecule has 1 aliphatic carbocycles. The van der Waals surface area contributed by atoms with Crippen LogP contribution in [0.2, 0.25) is 0 Å². The standard InChI is InChI=1S/C40H49N5O8S/c1-29-26-32(14-15-35(29)43-44-38-37(42-3)30(2)36(27-41)54-38)45(28-31-10-6-5-7-11-31)16-17-49-18-19-50-20-21-51-22-23-52-24-25-53-40(47)34-13-9-8-12-33(34)39(46)48-4/h5-7,10-11,14-15,26,33-34H,8-9,12-13,16-25,28H2,1-2,4H3. The second-order valence-electron chi connectivity index (χ2n) is 12.6. The molecule has 0 radical (unpaired) electrons. The van der Waals surface area contributed by atoms with Crippen molar-refractivity contribution in [3.8, 4) is 6.07 Å². The van der Waals surface area contributed by atoms with Gasteiger partial charge in [-0.3, -0.25) is 9.59 Å². The molecule has 288 valence electrons. The molecule has 13 nitrogen and oxygen atoms in total. The van der Waals surface area contributed by atoms with Crippen LogP contribution in [0.3, 0.4) is 0 Å². The van der Waals surface area contributed by atoms with Crippen LogP contribution in [0.25, 0.3) is 4.85 Å². The first-order valence-corrected chi connectivity index (χ1v) is 19.0. The van der Waals surface area contributed by atoms with E-state index in [1.165, 1.54) is 24.0 Å². The zero-order chi connectivity index (χ0) is 38.5. The smallest absolute Gasteiger partial charge is 0.309 e. The maximum absolute atomic E-state index is 12.5. The van der Waals surface area contributed by atoms with E-state index in [1.807, 2.05) is 37.3 Å². The van der Waals surface area contributed by atoms with E-state index in [2.05, 4.69) is 44.2 Å². The highest BCUT2D eigenvalue weighted by atomic mass is 32.1. The van der Waals surface area contributed by atoms with Gasteiger partial charge in [-0.2, -0.15) is 15.5 Å². The molecule has 1 aliphatic rings. The molecule has 2 aromatic carbocycles. The summed E-state index contributed by atoms with van der Waals surface area (Å²) < 4.78 is 32.8. The van der Waals surface area contributed by atoms with Crippen LogP contribution in [-0.4, -0.2) is 85.1 Å². The number of thiophene rings is 1. The molecule has 2 atom stereocenters. The highest BCUT2D eigenvalue weighted by Crippen LogP contribution is 2.42. The van der Waals surface area contributed by atoms with Gasteiger partial charge >= 0.3 is 11.9 Å². The zero-order valence-corrected chi connectivity index (χ0v) is 32.1. The molecular formula is C40H49N5O8S. The summed E-state index contributed by atoms with van der Waals surface area (Å²) in [7, 11) is 1.34. The van der Waals surface area contributed by atoms with Crippen molar-refractivity contribution in [1.29, 1.82) is 5.26 Å². The number of hydrogen-bond acceptors (Lipinski definition) is 13. The van der Waals surface area contributed by atoms with Crippen molar-refractivity contribution in [1.82, 2.24) is 0 Å². The van der Waals surface area contributed by atoms with Gasteiger partial charge in [-0.1, -0.05) is 43.2 Å². The minimum absolute atomic E-state index is 0.129. The van der Waals surface area contributed by atoms with Crippen LogP contribution >= 0.6 is 11.3 Å². The van der Waals surface area contributed by atoms with Crippen LogP contribution in [0.4, 0.5) is 22.1 Å². The van der Waals surface area contributed by atoms with Gasteiger partial charge in [0.1, 0.15) is 17.7 Å². The number of azo groups is 1. The molecule has 1 fully saturated rings. The van der Waals surface area contributed by atoms with Crippen molar-refractivity contribution in [2.75, 3.05) is 78.0 Å². The van der Waals surface area contributed by atoms with E-state index in [9.17, 15) is 14.9 Å². The Morgan fingerprint density at radius 1 is 0.870 bits per heavy atom. The molecule has 2 unspecified atom stereocenters. The fourth-order valence-electron chi connectivity index (χ4n) is 6.04. The average Bonchev–Trinajstić information content (AvgIpc) is 3.51. The lowest BCUT2D eigenvalue weighted by molar-refractivity contribution is -0.162. The minimum Gasteiger partial charge on any atom is -0.469 e. The third-order valence-electron chi connectivity index (χ3n) is 8.99. The van der Waals surface area contributed by atoms with Crippen molar-refractivity contribution in [2.45, 2.75) is 46.1 Å². The summed E-state index contributed by atoms with van der Waals surface area (Å²) in [5.41, 5.74) is 4.82. The van der Waals surface area contributed by atoms with E-state index in [1.54, 1.807) is 6.92 Å². The number of nitriles is 1. The van der Waals surface area contributed by atoms with Crippen LogP contribution in [0.1, 0.15) is 47.3 Å². The SMILES string of the molecule is [C-]#[N+]c1c(N=Nc2ccc(N(CCOCCOCCOCCOCCOC(=O)C3CCCCC3C(=O)OC)Cc3ccccc3)cc2C)sc(C#N)c1C. The van der Waals surface area contributed by atoms with Crippen LogP contribution in [0.5, 0.6) is 0 Å². The summed E-state index contributed by atoms with van der Waals surface area (Å²) in [6, 6.07) is 18.3. The van der Waals surface area contributed by atoms with E-state index in [0.29, 0.717) is 99.0 Å². The first-order valence-electron chi connectivity index (χ1n) is 18.1. The third-order valence-corrected chi connectivity index (χ3v) is 10.1. The van der Waals surface area contributed by atoms with E-state index >= 15 is 0 Å². The minimum atomic E-state index is -0.446. The van der Waals surface area contributed by atoms with Crippen molar-refractivity contribution in [3.63, 3.8) is 0 Å². The topological polar surface area (TPSA) is 146 Å². The van der Waals surface area contributed by atoms with E-state index in [4.69, 9.17) is 35.0 Å². The van der Waals surface area contributed by atoms with Gasteiger partial charge in [-0.15, -0.1) is 11.3 Å². The van der Waals surface area contributed by atoms with Gasteiger partial charge in [0.25, 0.3) is 0 Å². The molecule has 54 heavy (non-hydrogen) atoms. The molecule has 0 bridgehead atoms. The Morgan fingerprint density at radius 3 is 2.07 bits per heavy atom. The quantitative estimate of drug-likeness (QED) is 0.0431. The molecule has 0 amide bonds. The lowest BCUT2D eigenvalue weighted by atomic mass is 9.79. The first-order chi connectivity index (χ1) is 26.4. The van der Waals surface area contributed by atoms with Crippen molar-refractivity contribution in [2.24, 2.45) is 22.1 Å². The fourth-order valence-corrected chi connectivity index (χ4v) is 6.90. The molecule has 0 aliphatic heterocycles. The monoisotopic (exact) mass is 759 g/mol. The van der Waals surface area contributed by atoms with E-state index < -0.39 is 11.8 Å². The Kier molecular flexibility index (Phi) is 18.0. The summed E-state index contributed by atoms with van der Waals surface area (Å²) >= 11 is 1.18. The van der Waals surface area contributed by atoms with Crippen molar-refractivity contribution in [3.05, 3.63) is 81.5 Å². The Bertz CT molecular complexity index is 1750. The number of nitrogens with zero attached hydrogens (tertiary/aromatic N) is 5. The molecule has 4 rings (SSSR count). The molecular weight excluding hydrogens is 711 g/mol. The largest absolute Gasteiger partial charge is 0.469 e. The number of aryl methyl sites for hydroxylation is 1. The first kappa shape index (κ1) is 42.0. The fraction of sp³-hybridized carbons (Fsp3) is 0.500.